The summed E-state index contributed by atoms with van der Waals surface area (Å²) in [5.74, 6) is -0.0613. The average molecular weight is 250 g/mol. The van der Waals surface area contributed by atoms with Crippen LogP contribution < -0.4 is 5.32 Å². The van der Waals surface area contributed by atoms with Gasteiger partial charge in [-0.15, -0.1) is 0 Å². The van der Waals surface area contributed by atoms with E-state index in [-0.39, 0.29) is 17.9 Å². The molecule has 0 aliphatic carbocycles. The highest BCUT2D eigenvalue weighted by molar-refractivity contribution is 5.93. The Bertz CT molecular complexity index is 455. The molecular formula is C12H18N4O2. The molecule has 1 N–H and O–H groups in total. The van der Waals surface area contributed by atoms with Gasteiger partial charge in [0.2, 0.25) is 5.91 Å². The smallest absolute Gasteiger partial charge is 0.257 e. The molecule has 1 aromatic rings. The van der Waals surface area contributed by atoms with E-state index >= 15 is 0 Å². The molecule has 0 saturated carbocycles. The lowest BCUT2D eigenvalue weighted by molar-refractivity contribution is -0.120. The van der Waals surface area contributed by atoms with E-state index in [0.717, 1.165) is 19.4 Å². The zero-order chi connectivity index (χ0) is 13.1. The van der Waals surface area contributed by atoms with E-state index in [4.69, 9.17) is 0 Å². The molecule has 6 nitrogen and oxygen atoms in total. The van der Waals surface area contributed by atoms with Gasteiger partial charge in [0.15, 0.2) is 0 Å². The lowest BCUT2D eigenvalue weighted by atomic mass is 10.0. The number of piperidine rings is 1. The van der Waals surface area contributed by atoms with E-state index in [1.165, 1.54) is 6.92 Å². The van der Waals surface area contributed by atoms with Crippen molar-refractivity contribution in [2.24, 2.45) is 7.05 Å². The molecule has 1 saturated heterocycles. The normalized spacial score (nSPS) is 19.7. The number of aromatic nitrogens is 2. The van der Waals surface area contributed by atoms with Gasteiger partial charge in [0.1, 0.15) is 0 Å². The molecule has 18 heavy (non-hydrogen) atoms. The van der Waals surface area contributed by atoms with Crippen LogP contribution in [0.15, 0.2) is 12.4 Å². The largest absolute Gasteiger partial charge is 0.352 e. The standard InChI is InChI=1S/C12H18N4O2/c1-9(17)14-11-4-3-5-16(8-11)12(18)10-6-13-15(2)7-10/h6-7,11H,3-5,8H2,1-2H3,(H,14,17). The Morgan fingerprint density at radius 1 is 1.50 bits per heavy atom. The molecule has 1 aliphatic rings. The summed E-state index contributed by atoms with van der Waals surface area (Å²) in [6.07, 6.45) is 5.13. The van der Waals surface area contributed by atoms with Crippen LogP contribution in [0.1, 0.15) is 30.1 Å². The summed E-state index contributed by atoms with van der Waals surface area (Å²) in [5, 5.41) is 6.87. The van der Waals surface area contributed by atoms with Gasteiger partial charge in [-0.3, -0.25) is 14.3 Å². The molecule has 6 heteroatoms. The Morgan fingerprint density at radius 3 is 2.89 bits per heavy atom. The third kappa shape index (κ3) is 2.88. The lowest BCUT2D eigenvalue weighted by Crippen LogP contribution is -2.49. The van der Waals surface area contributed by atoms with Crippen LogP contribution in [0.25, 0.3) is 0 Å². The number of nitrogens with zero attached hydrogens (tertiary/aromatic N) is 3. The summed E-state index contributed by atoms with van der Waals surface area (Å²) < 4.78 is 1.61. The second-order valence-corrected chi connectivity index (χ2v) is 4.69. The van der Waals surface area contributed by atoms with Crippen LogP contribution >= 0.6 is 0 Å². The van der Waals surface area contributed by atoms with Gasteiger partial charge in [0.05, 0.1) is 11.8 Å². The zero-order valence-electron chi connectivity index (χ0n) is 10.7. The fraction of sp³-hybridized carbons (Fsp3) is 0.583. The number of likely N-dealkylation sites (tertiary alicyclic amines) is 1. The van der Waals surface area contributed by atoms with Gasteiger partial charge in [0.25, 0.3) is 5.91 Å². The highest BCUT2D eigenvalue weighted by Crippen LogP contribution is 2.13. The fourth-order valence-electron chi connectivity index (χ4n) is 2.28. The third-order valence-electron chi connectivity index (χ3n) is 3.07. The Labute approximate surface area is 106 Å². The third-order valence-corrected chi connectivity index (χ3v) is 3.07. The van der Waals surface area contributed by atoms with Crippen molar-refractivity contribution in [3.05, 3.63) is 18.0 Å². The van der Waals surface area contributed by atoms with Crippen molar-refractivity contribution in [2.75, 3.05) is 13.1 Å². The summed E-state index contributed by atoms with van der Waals surface area (Å²) in [6, 6.07) is 0.0665. The SMILES string of the molecule is CC(=O)NC1CCCN(C(=O)c2cnn(C)c2)C1. The van der Waals surface area contributed by atoms with E-state index in [1.807, 2.05) is 0 Å². The van der Waals surface area contributed by atoms with Crippen LogP contribution in [0, 0.1) is 0 Å². The monoisotopic (exact) mass is 250 g/mol. The molecule has 2 heterocycles. The highest BCUT2D eigenvalue weighted by atomic mass is 16.2. The van der Waals surface area contributed by atoms with Crippen molar-refractivity contribution in [3.8, 4) is 0 Å². The molecule has 0 radical (unpaired) electrons. The quantitative estimate of drug-likeness (QED) is 0.813. The average Bonchev–Trinajstić information content (AvgIpc) is 2.74. The maximum Gasteiger partial charge on any atom is 0.257 e. The van der Waals surface area contributed by atoms with Crippen LogP contribution in [0.4, 0.5) is 0 Å². The van der Waals surface area contributed by atoms with Crippen LogP contribution in [0.2, 0.25) is 0 Å². The van der Waals surface area contributed by atoms with Crippen molar-refractivity contribution >= 4 is 11.8 Å². The molecule has 1 aromatic heterocycles. The molecule has 2 rings (SSSR count). The van der Waals surface area contributed by atoms with Gasteiger partial charge >= 0.3 is 0 Å². The van der Waals surface area contributed by atoms with Crippen molar-refractivity contribution in [3.63, 3.8) is 0 Å². The second kappa shape index (κ2) is 5.20. The first kappa shape index (κ1) is 12.6. The minimum atomic E-state index is -0.0457. The van der Waals surface area contributed by atoms with Crippen LogP contribution in [-0.4, -0.2) is 45.6 Å². The van der Waals surface area contributed by atoms with Crippen LogP contribution in [-0.2, 0) is 11.8 Å². The first-order chi connectivity index (χ1) is 8.56. The summed E-state index contributed by atoms with van der Waals surface area (Å²) in [5.41, 5.74) is 0.598. The molecule has 2 amide bonds. The summed E-state index contributed by atoms with van der Waals surface area (Å²) >= 11 is 0. The van der Waals surface area contributed by atoms with Gasteiger partial charge in [0, 0.05) is 39.3 Å². The first-order valence-electron chi connectivity index (χ1n) is 6.11. The Hall–Kier alpha value is -1.85. The van der Waals surface area contributed by atoms with Gasteiger partial charge in [-0.25, -0.2) is 0 Å². The van der Waals surface area contributed by atoms with E-state index in [2.05, 4.69) is 10.4 Å². The highest BCUT2D eigenvalue weighted by Gasteiger charge is 2.25. The van der Waals surface area contributed by atoms with Gasteiger partial charge in [-0.1, -0.05) is 0 Å². The molecule has 1 atom stereocenters. The predicted octanol–water partition coefficient (Wildman–Crippen LogP) is 0.161. The maximum absolute atomic E-state index is 12.2. The number of nitrogens with one attached hydrogen (secondary N) is 1. The van der Waals surface area contributed by atoms with Crippen molar-refractivity contribution in [1.82, 2.24) is 20.0 Å². The minimum absolute atomic E-state index is 0.0156. The Morgan fingerprint density at radius 2 is 2.28 bits per heavy atom. The first-order valence-corrected chi connectivity index (χ1v) is 6.11. The molecule has 0 bridgehead atoms. The zero-order valence-corrected chi connectivity index (χ0v) is 10.7. The number of carbonyl (C=O) groups excluding carboxylic acids is 2. The molecular weight excluding hydrogens is 232 g/mol. The van der Waals surface area contributed by atoms with Crippen molar-refractivity contribution in [2.45, 2.75) is 25.8 Å². The van der Waals surface area contributed by atoms with Crippen molar-refractivity contribution < 1.29 is 9.59 Å². The summed E-state index contributed by atoms with van der Waals surface area (Å²) in [4.78, 5) is 25.0. The summed E-state index contributed by atoms with van der Waals surface area (Å²) in [6.45, 7) is 2.82. The van der Waals surface area contributed by atoms with E-state index in [1.54, 1.807) is 29.0 Å². The predicted molar refractivity (Wildman–Crippen MR) is 66.0 cm³/mol. The van der Waals surface area contributed by atoms with Gasteiger partial charge in [-0.2, -0.15) is 5.10 Å². The number of aryl methyl sites for hydroxylation is 1. The number of hydrogen-bond acceptors (Lipinski definition) is 3. The number of rotatable bonds is 2. The number of hydrogen-bond donors (Lipinski definition) is 1. The molecule has 0 aromatic carbocycles. The molecule has 1 unspecified atom stereocenters. The van der Waals surface area contributed by atoms with Crippen LogP contribution in [0.3, 0.4) is 0 Å². The van der Waals surface area contributed by atoms with E-state index in [9.17, 15) is 9.59 Å². The second-order valence-electron chi connectivity index (χ2n) is 4.69. The molecule has 0 spiro atoms. The number of amides is 2. The fourth-order valence-corrected chi connectivity index (χ4v) is 2.28. The lowest BCUT2D eigenvalue weighted by Gasteiger charge is -2.32. The van der Waals surface area contributed by atoms with Gasteiger partial charge < -0.3 is 10.2 Å². The van der Waals surface area contributed by atoms with E-state index < -0.39 is 0 Å². The molecule has 1 fully saturated rings. The van der Waals surface area contributed by atoms with Crippen LogP contribution in [0.5, 0.6) is 0 Å². The molecule has 1 aliphatic heterocycles. The van der Waals surface area contributed by atoms with Gasteiger partial charge in [-0.05, 0) is 12.8 Å². The number of carbonyl (C=O) groups is 2. The Balaban J connectivity index is 2.00. The van der Waals surface area contributed by atoms with E-state index in [0.29, 0.717) is 12.1 Å². The Kier molecular flexibility index (Phi) is 3.64. The topological polar surface area (TPSA) is 67.2 Å². The minimum Gasteiger partial charge on any atom is -0.352 e. The summed E-state index contributed by atoms with van der Waals surface area (Å²) in [7, 11) is 1.78. The molecule has 98 valence electrons. The van der Waals surface area contributed by atoms with Crippen molar-refractivity contribution in [1.29, 1.82) is 0 Å². The maximum atomic E-state index is 12.2.